The molecule has 0 bridgehead atoms. The highest BCUT2D eigenvalue weighted by atomic mass is 32.1. The topological polar surface area (TPSA) is 24.9 Å². The van der Waals surface area contributed by atoms with Gasteiger partial charge in [-0.2, -0.15) is 0 Å². The molecule has 3 heteroatoms. The summed E-state index contributed by atoms with van der Waals surface area (Å²) >= 11 is 1.84. The van der Waals surface area contributed by atoms with Crippen molar-refractivity contribution in [2.45, 2.75) is 46.1 Å². The number of hydrogen-bond acceptors (Lipinski definition) is 3. The number of aromatic nitrogens is 1. The first-order valence-corrected chi connectivity index (χ1v) is 6.24. The second-order valence-corrected chi connectivity index (χ2v) is 4.80. The van der Waals surface area contributed by atoms with Crippen molar-refractivity contribution in [3.8, 4) is 0 Å². The fourth-order valence-electron chi connectivity index (χ4n) is 1.20. The largest absolute Gasteiger partial charge is 0.312 e. The van der Waals surface area contributed by atoms with E-state index in [0.29, 0.717) is 5.92 Å². The minimum absolute atomic E-state index is 0.611. The van der Waals surface area contributed by atoms with Crippen LogP contribution in [0.1, 0.15) is 49.4 Å². The highest BCUT2D eigenvalue weighted by Gasteiger charge is 2.07. The van der Waals surface area contributed by atoms with Gasteiger partial charge in [-0.3, -0.25) is 0 Å². The maximum Gasteiger partial charge on any atom is 0.0956 e. The Balaban J connectivity index is 2.42. The molecule has 1 aromatic rings. The Morgan fingerprint density at radius 1 is 1.50 bits per heavy atom. The number of rotatable bonds is 6. The Morgan fingerprint density at radius 3 is 2.93 bits per heavy atom. The van der Waals surface area contributed by atoms with Gasteiger partial charge in [0.2, 0.25) is 0 Å². The van der Waals surface area contributed by atoms with Crippen LogP contribution >= 0.6 is 11.3 Å². The zero-order valence-electron chi connectivity index (χ0n) is 9.34. The van der Waals surface area contributed by atoms with Gasteiger partial charge < -0.3 is 5.32 Å². The third kappa shape index (κ3) is 3.39. The fraction of sp³-hybridized carbons (Fsp3) is 0.727. The van der Waals surface area contributed by atoms with Gasteiger partial charge in [0.05, 0.1) is 5.01 Å². The summed E-state index contributed by atoms with van der Waals surface area (Å²) in [6.45, 7) is 8.70. The Morgan fingerprint density at radius 2 is 2.29 bits per heavy atom. The van der Waals surface area contributed by atoms with Crippen molar-refractivity contribution < 1.29 is 0 Å². The molecule has 0 amide bonds. The molecule has 0 saturated heterocycles. The molecule has 80 valence electrons. The smallest absolute Gasteiger partial charge is 0.0956 e. The van der Waals surface area contributed by atoms with Crippen molar-refractivity contribution in [3.63, 3.8) is 0 Å². The zero-order valence-corrected chi connectivity index (χ0v) is 10.2. The van der Waals surface area contributed by atoms with E-state index in [0.717, 1.165) is 13.1 Å². The maximum atomic E-state index is 4.44. The van der Waals surface area contributed by atoms with Crippen LogP contribution < -0.4 is 5.32 Å². The molecule has 1 heterocycles. The molecule has 0 aliphatic rings. The van der Waals surface area contributed by atoms with Crippen LogP contribution in [0.4, 0.5) is 0 Å². The van der Waals surface area contributed by atoms with E-state index in [1.54, 1.807) is 0 Å². The minimum Gasteiger partial charge on any atom is -0.312 e. The summed E-state index contributed by atoms with van der Waals surface area (Å²) in [7, 11) is 0. The lowest BCUT2D eigenvalue weighted by molar-refractivity contribution is 0.681. The van der Waals surface area contributed by atoms with Crippen molar-refractivity contribution >= 4 is 11.3 Å². The average molecular weight is 212 g/mol. The summed E-state index contributed by atoms with van der Waals surface area (Å²) in [4.78, 5) is 5.80. The molecule has 0 aromatic carbocycles. The van der Waals surface area contributed by atoms with Gasteiger partial charge in [0.25, 0.3) is 0 Å². The van der Waals surface area contributed by atoms with Crippen LogP contribution in [-0.2, 0) is 6.54 Å². The van der Waals surface area contributed by atoms with Gasteiger partial charge >= 0.3 is 0 Å². The van der Waals surface area contributed by atoms with Gasteiger partial charge in [-0.25, -0.2) is 4.98 Å². The number of hydrogen-bond donors (Lipinski definition) is 1. The first-order valence-electron chi connectivity index (χ1n) is 5.43. The molecular formula is C11H20N2S. The summed E-state index contributed by atoms with van der Waals surface area (Å²) in [5.41, 5.74) is 0. The summed E-state index contributed by atoms with van der Waals surface area (Å²) < 4.78 is 0. The first-order chi connectivity index (χ1) is 6.77. The zero-order chi connectivity index (χ0) is 10.4. The summed E-state index contributed by atoms with van der Waals surface area (Å²) in [6, 6.07) is 0. The monoisotopic (exact) mass is 212 g/mol. The molecule has 1 N–H and O–H groups in total. The van der Waals surface area contributed by atoms with Gasteiger partial charge in [-0.1, -0.05) is 20.8 Å². The van der Waals surface area contributed by atoms with Crippen molar-refractivity contribution in [1.29, 1.82) is 0 Å². The van der Waals surface area contributed by atoms with Crippen LogP contribution in [0.3, 0.4) is 0 Å². The maximum absolute atomic E-state index is 4.44. The minimum atomic E-state index is 0.611. The van der Waals surface area contributed by atoms with Crippen LogP contribution in [0, 0.1) is 0 Å². The van der Waals surface area contributed by atoms with Crippen LogP contribution in [0.25, 0.3) is 0 Å². The predicted octanol–water partition coefficient (Wildman–Crippen LogP) is 3.16. The fourth-order valence-corrected chi connectivity index (χ4v) is 2.22. The molecule has 0 fully saturated rings. The lowest BCUT2D eigenvalue weighted by Crippen LogP contribution is -2.12. The van der Waals surface area contributed by atoms with Gasteiger partial charge in [0, 0.05) is 23.5 Å². The average Bonchev–Trinajstić information content (AvgIpc) is 2.66. The van der Waals surface area contributed by atoms with E-state index in [1.165, 1.54) is 22.7 Å². The number of thiazole rings is 1. The second kappa shape index (κ2) is 6.14. The molecule has 1 unspecified atom stereocenters. The summed E-state index contributed by atoms with van der Waals surface area (Å²) in [6.07, 6.45) is 4.38. The molecule has 0 aliphatic carbocycles. The van der Waals surface area contributed by atoms with Crippen LogP contribution in [0.5, 0.6) is 0 Å². The quantitative estimate of drug-likeness (QED) is 0.733. The summed E-state index contributed by atoms with van der Waals surface area (Å²) in [5, 5.41) is 4.67. The van der Waals surface area contributed by atoms with Crippen molar-refractivity contribution in [1.82, 2.24) is 10.3 Å². The second-order valence-electron chi connectivity index (χ2n) is 3.65. The highest BCUT2D eigenvalue weighted by molar-refractivity contribution is 7.11. The van der Waals surface area contributed by atoms with Crippen molar-refractivity contribution in [2.75, 3.05) is 6.54 Å². The lowest BCUT2D eigenvalue weighted by atomic mass is 10.1. The molecule has 1 atom stereocenters. The van der Waals surface area contributed by atoms with E-state index in [2.05, 4.69) is 31.1 Å². The van der Waals surface area contributed by atoms with Crippen molar-refractivity contribution in [3.05, 3.63) is 16.1 Å². The first kappa shape index (κ1) is 11.7. The Kier molecular flexibility index (Phi) is 5.12. The summed E-state index contributed by atoms with van der Waals surface area (Å²) in [5.74, 6) is 0.611. The Bertz CT molecular complexity index is 258. The van der Waals surface area contributed by atoms with E-state index >= 15 is 0 Å². The molecule has 2 nitrogen and oxygen atoms in total. The number of nitrogens with one attached hydrogen (secondary N) is 1. The van der Waals surface area contributed by atoms with E-state index in [4.69, 9.17) is 0 Å². The van der Waals surface area contributed by atoms with Gasteiger partial charge in [0.1, 0.15) is 0 Å². The normalized spacial score (nSPS) is 13.1. The van der Waals surface area contributed by atoms with E-state index < -0.39 is 0 Å². The third-order valence-electron chi connectivity index (χ3n) is 2.33. The molecule has 0 spiro atoms. The molecule has 0 aliphatic heterocycles. The standard InChI is InChI=1S/C11H20N2S/c1-4-6-12-7-10-8-13-11(14-10)9(3)5-2/h8-9,12H,4-7H2,1-3H3. The van der Waals surface area contributed by atoms with E-state index in [-0.39, 0.29) is 0 Å². The Labute approximate surface area is 90.8 Å². The van der Waals surface area contributed by atoms with E-state index in [1.807, 2.05) is 17.5 Å². The van der Waals surface area contributed by atoms with E-state index in [9.17, 15) is 0 Å². The molecule has 14 heavy (non-hydrogen) atoms. The SMILES string of the molecule is CCCNCc1cnc(C(C)CC)s1. The highest BCUT2D eigenvalue weighted by Crippen LogP contribution is 2.23. The Hall–Kier alpha value is -0.410. The molecule has 0 radical (unpaired) electrons. The van der Waals surface area contributed by atoms with Gasteiger partial charge in [-0.05, 0) is 19.4 Å². The van der Waals surface area contributed by atoms with Crippen LogP contribution in [-0.4, -0.2) is 11.5 Å². The third-order valence-corrected chi connectivity index (χ3v) is 3.56. The lowest BCUT2D eigenvalue weighted by Gasteiger charge is -2.02. The van der Waals surface area contributed by atoms with Crippen LogP contribution in [0.2, 0.25) is 0 Å². The van der Waals surface area contributed by atoms with Crippen LogP contribution in [0.15, 0.2) is 6.20 Å². The molecule has 0 saturated carbocycles. The molecule has 1 rings (SSSR count). The molecule has 1 aromatic heterocycles. The molecular weight excluding hydrogens is 192 g/mol. The van der Waals surface area contributed by atoms with Gasteiger partial charge in [-0.15, -0.1) is 11.3 Å². The number of nitrogens with zero attached hydrogens (tertiary/aromatic N) is 1. The predicted molar refractivity (Wildman–Crippen MR) is 62.8 cm³/mol. The van der Waals surface area contributed by atoms with Crippen molar-refractivity contribution in [2.24, 2.45) is 0 Å². The van der Waals surface area contributed by atoms with Gasteiger partial charge in [0.15, 0.2) is 0 Å².